The van der Waals surface area contributed by atoms with Crippen molar-refractivity contribution in [2.24, 2.45) is 5.73 Å². The molecule has 2 aliphatic rings. The molecule has 2 aromatic carbocycles. The molecule has 0 saturated heterocycles. The number of hydrogen-bond acceptors (Lipinski definition) is 2. The van der Waals surface area contributed by atoms with Crippen molar-refractivity contribution in [1.29, 1.82) is 0 Å². The highest BCUT2D eigenvalue weighted by molar-refractivity contribution is 5.93. The van der Waals surface area contributed by atoms with Gasteiger partial charge in [-0.3, -0.25) is 0 Å². The predicted molar refractivity (Wildman–Crippen MR) is 86.5 cm³/mol. The van der Waals surface area contributed by atoms with Crippen LogP contribution in [-0.2, 0) is 17.6 Å². The molecule has 1 unspecified atom stereocenters. The first-order valence-corrected chi connectivity index (χ1v) is 8.07. The van der Waals surface area contributed by atoms with Crippen molar-refractivity contribution in [3.05, 3.63) is 47.0 Å². The first-order chi connectivity index (χ1) is 10.2. The van der Waals surface area contributed by atoms with E-state index in [1.54, 1.807) is 0 Å². The average molecular weight is 281 g/mol. The molecule has 0 aliphatic heterocycles. The molecule has 2 aromatic rings. The van der Waals surface area contributed by atoms with Crippen LogP contribution in [0.5, 0.6) is 0 Å². The van der Waals surface area contributed by atoms with E-state index in [1.165, 1.54) is 46.7 Å². The number of aryl methyl sites for hydroxylation is 2. The van der Waals surface area contributed by atoms with Crippen LogP contribution in [0.25, 0.3) is 10.8 Å². The molecule has 0 bridgehead atoms. The number of rotatable bonds is 4. The number of nitrogens with two attached hydrogens (primary N) is 1. The van der Waals surface area contributed by atoms with E-state index in [9.17, 15) is 0 Å². The maximum atomic E-state index is 6.57. The molecule has 21 heavy (non-hydrogen) atoms. The summed E-state index contributed by atoms with van der Waals surface area (Å²) in [5.74, 6) is 0. The summed E-state index contributed by atoms with van der Waals surface area (Å²) in [6.07, 6.45) is 6.85. The lowest BCUT2D eigenvalue weighted by Crippen LogP contribution is -2.41. The minimum Gasteiger partial charge on any atom is -0.378 e. The van der Waals surface area contributed by atoms with Gasteiger partial charge in [0.15, 0.2) is 0 Å². The molecule has 0 spiro atoms. The smallest absolute Gasteiger partial charge is 0.0696 e. The highest BCUT2D eigenvalue weighted by Crippen LogP contribution is 2.43. The fourth-order valence-corrected chi connectivity index (χ4v) is 4.17. The van der Waals surface area contributed by atoms with Gasteiger partial charge >= 0.3 is 0 Å². The molecular formula is C19H23NO. The van der Waals surface area contributed by atoms with Crippen LogP contribution in [0.4, 0.5) is 0 Å². The van der Waals surface area contributed by atoms with Gasteiger partial charge in [-0.25, -0.2) is 0 Å². The summed E-state index contributed by atoms with van der Waals surface area (Å²) in [6, 6.07) is 11.3. The van der Waals surface area contributed by atoms with E-state index in [0.29, 0.717) is 0 Å². The zero-order chi connectivity index (χ0) is 14.4. The Morgan fingerprint density at radius 2 is 1.90 bits per heavy atom. The van der Waals surface area contributed by atoms with E-state index in [4.69, 9.17) is 10.5 Å². The van der Waals surface area contributed by atoms with E-state index in [1.807, 2.05) is 7.11 Å². The van der Waals surface area contributed by atoms with Crippen LogP contribution in [0.2, 0.25) is 0 Å². The first-order valence-electron chi connectivity index (χ1n) is 8.07. The van der Waals surface area contributed by atoms with Gasteiger partial charge in [0.25, 0.3) is 0 Å². The standard InChI is InChI=1S/C19H23NO/c1-21-19(10-3-11-19)12-17(20)15-9-8-14-7-6-13-4-2-5-16(15)18(13)14/h2,4-5,8-9,17H,3,6-7,10-12,20H2,1H3. The van der Waals surface area contributed by atoms with Gasteiger partial charge in [-0.15, -0.1) is 0 Å². The number of methoxy groups -OCH3 is 1. The van der Waals surface area contributed by atoms with Crippen LogP contribution >= 0.6 is 0 Å². The van der Waals surface area contributed by atoms with Crippen molar-refractivity contribution in [2.45, 2.75) is 50.2 Å². The van der Waals surface area contributed by atoms with Crippen LogP contribution in [0.3, 0.4) is 0 Å². The van der Waals surface area contributed by atoms with E-state index in [0.717, 1.165) is 19.3 Å². The third-order valence-electron chi connectivity index (χ3n) is 5.60. The number of ether oxygens (including phenoxy) is 1. The summed E-state index contributed by atoms with van der Waals surface area (Å²) < 4.78 is 5.76. The summed E-state index contributed by atoms with van der Waals surface area (Å²) >= 11 is 0. The molecule has 1 saturated carbocycles. The second kappa shape index (κ2) is 4.82. The molecule has 0 aromatic heterocycles. The molecule has 0 amide bonds. The maximum absolute atomic E-state index is 6.57. The largest absolute Gasteiger partial charge is 0.378 e. The SMILES string of the molecule is COC1(CC(N)c2ccc3c4c(cccc24)CC3)CCC1. The molecule has 0 radical (unpaired) electrons. The summed E-state index contributed by atoms with van der Waals surface area (Å²) in [4.78, 5) is 0. The zero-order valence-corrected chi connectivity index (χ0v) is 12.7. The van der Waals surface area contributed by atoms with E-state index in [2.05, 4.69) is 30.3 Å². The molecule has 2 heteroatoms. The monoisotopic (exact) mass is 281 g/mol. The predicted octanol–water partition coefficient (Wildman–Crippen LogP) is 3.90. The van der Waals surface area contributed by atoms with Gasteiger partial charge in [0.05, 0.1) is 5.60 Å². The van der Waals surface area contributed by atoms with Crippen molar-refractivity contribution >= 4 is 10.8 Å². The van der Waals surface area contributed by atoms with E-state index < -0.39 is 0 Å². The second-order valence-corrected chi connectivity index (χ2v) is 6.70. The first kappa shape index (κ1) is 13.3. The van der Waals surface area contributed by atoms with Crippen LogP contribution in [0.15, 0.2) is 30.3 Å². The fourth-order valence-electron chi connectivity index (χ4n) is 4.17. The van der Waals surface area contributed by atoms with Crippen LogP contribution < -0.4 is 5.73 Å². The van der Waals surface area contributed by atoms with E-state index in [-0.39, 0.29) is 11.6 Å². The van der Waals surface area contributed by atoms with Gasteiger partial charge in [-0.1, -0.05) is 30.3 Å². The quantitative estimate of drug-likeness (QED) is 0.922. The molecule has 2 nitrogen and oxygen atoms in total. The average Bonchev–Trinajstić information content (AvgIpc) is 2.88. The van der Waals surface area contributed by atoms with Gasteiger partial charge in [0.1, 0.15) is 0 Å². The molecule has 1 fully saturated rings. The zero-order valence-electron chi connectivity index (χ0n) is 12.7. The van der Waals surface area contributed by atoms with Crippen molar-refractivity contribution in [3.8, 4) is 0 Å². The van der Waals surface area contributed by atoms with Gasteiger partial charge in [-0.05, 0) is 66.0 Å². The Hall–Kier alpha value is -1.38. The van der Waals surface area contributed by atoms with Gasteiger partial charge in [-0.2, -0.15) is 0 Å². The van der Waals surface area contributed by atoms with Crippen molar-refractivity contribution in [1.82, 2.24) is 0 Å². The molecule has 1 atom stereocenters. The third-order valence-corrected chi connectivity index (χ3v) is 5.60. The summed E-state index contributed by atoms with van der Waals surface area (Å²) in [5, 5.41) is 2.83. The van der Waals surface area contributed by atoms with Crippen LogP contribution in [0.1, 0.15) is 48.4 Å². The molecule has 110 valence electrons. The fraction of sp³-hybridized carbons (Fsp3) is 0.474. The Morgan fingerprint density at radius 3 is 2.57 bits per heavy atom. The number of benzene rings is 2. The summed E-state index contributed by atoms with van der Waals surface area (Å²) in [6.45, 7) is 0. The normalized spacial score (nSPS) is 20.5. The Morgan fingerprint density at radius 1 is 1.14 bits per heavy atom. The summed E-state index contributed by atoms with van der Waals surface area (Å²) in [7, 11) is 1.83. The maximum Gasteiger partial charge on any atom is 0.0696 e. The van der Waals surface area contributed by atoms with Crippen molar-refractivity contribution in [3.63, 3.8) is 0 Å². The second-order valence-electron chi connectivity index (χ2n) is 6.70. The Balaban J connectivity index is 1.74. The van der Waals surface area contributed by atoms with E-state index >= 15 is 0 Å². The lowest BCUT2D eigenvalue weighted by molar-refractivity contribution is -0.0816. The molecule has 2 N–H and O–H groups in total. The van der Waals surface area contributed by atoms with Gasteiger partial charge in [0.2, 0.25) is 0 Å². The minimum atomic E-state index is 0.0300. The van der Waals surface area contributed by atoms with Gasteiger partial charge in [0, 0.05) is 13.2 Å². The summed E-state index contributed by atoms with van der Waals surface area (Å²) in [5.41, 5.74) is 10.9. The number of hydrogen-bond donors (Lipinski definition) is 1. The topological polar surface area (TPSA) is 35.2 Å². The lowest BCUT2D eigenvalue weighted by atomic mass is 9.74. The Bertz CT molecular complexity index is 672. The van der Waals surface area contributed by atoms with Crippen LogP contribution in [-0.4, -0.2) is 12.7 Å². The van der Waals surface area contributed by atoms with Crippen molar-refractivity contribution < 1.29 is 4.74 Å². The van der Waals surface area contributed by atoms with Crippen molar-refractivity contribution in [2.75, 3.05) is 7.11 Å². The molecular weight excluding hydrogens is 258 g/mol. The van der Waals surface area contributed by atoms with Crippen LogP contribution in [0, 0.1) is 0 Å². The molecule has 0 heterocycles. The highest BCUT2D eigenvalue weighted by atomic mass is 16.5. The highest BCUT2D eigenvalue weighted by Gasteiger charge is 2.38. The Labute approximate surface area is 126 Å². The lowest BCUT2D eigenvalue weighted by Gasteiger charge is -2.42. The third kappa shape index (κ3) is 2.01. The minimum absolute atomic E-state index is 0.0300. The molecule has 4 rings (SSSR count). The van der Waals surface area contributed by atoms with Gasteiger partial charge < -0.3 is 10.5 Å². The Kier molecular flexibility index (Phi) is 3.05. The molecule has 2 aliphatic carbocycles.